The Bertz CT molecular complexity index is 366. The maximum Gasteiger partial charge on any atom is 0.329 e. The standard InChI is InChI=1S/C8H13N5O2/c1-4-9-8-10-5-6(13(14)15)7(11-8)12(2)3/h5H,4H2,1-3H3,(H,9,10,11). The average molecular weight is 211 g/mol. The summed E-state index contributed by atoms with van der Waals surface area (Å²) in [6, 6.07) is 0. The van der Waals surface area contributed by atoms with Gasteiger partial charge in [0, 0.05) is 20.6 Å². The summed E-state index contributed by atoms with van der Waals surface area (Å²) in [6.45, 7) is 2.57. The summed E-state index contributed by atoms with van der Waals surface area (Å²) in [5, 5.41) is 13.6. The van der Waals surface area contributed by atoms with E-state index in [0.29, 0.717) is 18.3 Å². The molecule has 0 radical (unpaired) electrons. The Hall–Kier alpha value is -1.92. The summed E-state index contributed by atoms with van der Waals surface area (Å²) in [5.74, 6) is 0.692. The molecule has 0 aliphatic rings. The van der Waals surface area contributed by atoms with Crippen LogP contribution in [0.3, 0.4) is 0 Å². The molecule has 7 nitrogen and oxygen atoms in total. The van der Waals surface area contributed by atoms with Gasteiger partial charge in [-0.15, -0.1) is 0 Å². The second kappa shape index (κ2) is 4.54. The molecule has 0 atom stereocenters. The SMILES string of the molecule is CCNc1ncc([N+](=O)[O-])c(N(C)C)n1. The Kier molecular flexibility index (Phi) is 3.37. The van der Waals surface area contributed by atoms with Crippen LogP contribution >= 0.6 is 0 Å². The smallest absolute Gasteiger partial charge is 0.329 e. The van der Waals surface area contributed by atoms with E-state index in [-0.39, 0.29) is 5.69 Å². The highest BCUT2D eigenvalue weighted by molar-refractivity contribution is 5.57. The van der Waals surface area contributed by atoms with E-state index >= 15 is 0 Å². The Morgan fingerprint density at radius 3 is 2.73 bits per heavy atom. The first-order valence-corrected chi connectivity index (χ1v) is 4.49. The topological polar surface area (TPSA) is 84.2 Å². The van der Waals surface area contributed by atoms with Gasteiger partial charge in [0.15, 0.2) is 0 Å². The van der Waals surface area contributed by atoms with E-state index in [1.54, 1.807) is 19.0 Å². The molecule has 7 heteroatoms. The van der Waals surface area contributed by atoms with Gasteiger partial charge in [-0.2, -0.15) is 4.98 Å². The van der Waals surface area contributed by atoms with Crippen LogP contribution in [-0.2, 0) is 0 Å². The van der Waals surface area contributed by atoms with Crippen molar-refractivity contribution in [3.8, 4) is 0 Å². The number of hydrogen-bond donors (Lipinski definition) is 1. The zero-order valence-corrected chi connectivity index (χ0v) is 8.89. The summed E-state index contributed by atoms with van der Waals surface area (Å²) < 4.78 is 0. The Morgan fingerprint density at radius 2 is 2.27 bits per heavy atom. The monoisotopic (exact) mass is 211 g/mol. The average Bonchev–Trinajstić information content (AvgIpc) is 2.17. The first-order valence-electron chi connectivity index (χ1n) is 4.49. The molecule has 0 bridgehead atoms. The fourth-order valence-corrected chi connectivity index (χ4v) is 1.07. The number of nitro groups is 1. The van der Waals surface area contributed by atoms with E-state index in [1.807, 2.05) is 6.92 Å². The predicted octanol–water partition coefficient (Wildman–Crippen LogP) is 0.883. The molecule has 0 aliphatic heterocycles. The molecular formula is C8H13N5O2. The van der Waals surface area contributed by atoms with Crippen LogP contribution in [0.4, 0.5) is 17.5 Å². The quantitative estimate of drug-likeness (QED) is 0.588. The van der Waals surface area contributed by atoms with Crippen LogP contribution in [0.1, 0.15) is 6.92 Å². The Morgan fingerprint density at radius 1 is 1.60 bits per heavy atom. The molecule has 1 aromatic rings. The van der Waals surface area contributed by atoms with Crippen LogP contribution < -0.4 is 10.2 Å². The van der Waals surface area contributed by atoms with E-state index in [1.165, 1.54) is 6.20 Å². The van der Waals surface area contributed by atoms with Crippen molar-refractivity contribution in [2.75, 3.05) is 30.9 Å². The van der Waals surface area contributed by atoms with Crippen molar-refractivity contribution in [1.82, 2.24) is 9.97 Å². The minimum atomic E-state index is -0.495. The van der Waals surface area contributed by atoms with Crippen molar-refractivity contribution >= 4 is 17.5 Å². The molecule has 1 rings (SSSR count). The molecule has 0 aromatic carbocycles. The Labute approximate surface area is 87.3 Å². The van der Waals surface area contributed by atoms with Crippen molar-refractivity contribution in [1.29, 1.82) is 0 Å². The van der Waals surface area contributed by atoms with Gasteiger partial charge >= 0.3 is 5.69 Å². The normalized spacial score (nSPS) is 9.80. The highest BCUT2D eigenvalue weighted by Crippen LogP contribution is 2.23. The van der Waals surface area contributed by atoms with Gasteiger partial charge in [0.1, 0.15) is 6.20 Å². The zero-order chi connectivity index (χ0) is 11.4. The lowest BCUT2D eigenvalue weighted by Gasteiger charge is -2.12. The van der Waals surface area contributed by atoms with Crippen LogP contribution in [0.25, 0.3) is 0 Å². The molecule has 1 heterocycles. The third kappa shape index (κ3) is 2.52. The maximum atomic E-state index is 10.7. The lowest BCUT2D eigenvalue weighted by Crippen LogP contribution is -2.15. The molecule has 0 unspecified atom stereocenters. The van der Waals surface area contributed by atoms with Crippen LogP contribution in [0.15, 0.2) is 6.20 Å². The number of nitrogens with zero attached hydrogens (tertiary/aromatic N) is 4. The second-order valence-corrected chi connectivity index (χ2v) is 3.08. The minimum absolute atomic E-state index is 0.0957. The number of aromatic nitrogens is 2. The van der Waals surface area contributed by atoms with E-state index in [9.17, 15) is 10.1 Å². The first-order chi connectivity index (χ1) is 7.06. The molecule has 1 N–H and O–H groups in total. The molecule has 0 fully saturated rings. The van der Waals surface area contributed by atoms with E-state index in [4.69, 9.17) is 0 Å². The molecule has 0 saturated heterocycles. The number of nitrogens with one attached hydrogen (secondary N) is 1. The highest BCUT2D eigenvalue weighted by atomic mass is 16.6. The summed E-state index contributed by atoms with van der Waals surface area (Å²) in [6.07, 6.45) is 1.21. The number of hydrogen-bond acceptors (Lipinski definition) is 6. The maximum absolute atomic E-state index is 10.7. The Balaban J connectivity index is 3.15. The van der Waals surface area contributed by atoms with Crippen LogP contribution in [0.5, 0.6) is 0 Å². The molecular weight excluding hydrogens is 198 g/mol. The molecule has 1 aromatic heterocycles. The molecule has 0 saturated carbocycles. The van der Waals surface area contributed by atoms with Gasteiger partial charge in [-0.3, -0.25) is 10.1 Å². The minimum Gasteiger partial charge on any atom is -0.357 e. The van der Waals surface area contributed by atoms with Crippen molar-refractivity contribution in [3.05, 3.63) is 16.3 Å². The van der Waals surface area contributed by atoms with Gasteiger partial charge in [-0.1, -0.05) is 0 Å². The van der Waals surface area contributed by atoms with Gasteiger partial charge in [-0.05, 0) is 6.92 Å². The lowest BCUT2D eigenvalue weighted by molar-refractivity contribution is -0.384. The molecule has 0 aliphatic carbocycles. The summed E-state index contributed by atoms with van der Waals surface area (Å²) in [7, 11) is 3.40. The highest BCUT2D eigenvalue weighted by Gasteiger charge is 2.18. The molecule has 15 heavy (non-hydrogen) atoms. The van der Waals surface area contributed by atoms with E-state index < -0.39 is 4.92 Å². The third-order valence-electron chi connectivity index (χ3n) is 1.71. The lowest BCUT2D eigenvalue weighted by atomic mass is 10.4. The number of rotatable bonds is 4. The zero-order valence-electron chi connectivity index (χ0n) is 8.89. The largest absolute Gasteiger partial charge is 0.357 e. The molecule has 0 spiro atoms. The predicted molar refractivity (Wildman–Crippen MR) is 57.2 cm³/mol. The third-order valence-corrected chi connectivity index (χ3v) is 1.71. The van der Waals surface area contributed by atoms with Crippen LogP contribution in [0.2, 0.25) is 0 Å². The fourth-order valence-electron chi connectivity index (χ4n) is 1.07. The van der Waals surface area contributed by atoms with Crippen molar-refractivity contribution in [3.63, 3.8) is 0 Å². The second-order valence-electron chi connectivity index (χ2n) is 3.08. The van der Waals surface area contributed by atoms with Gasteiger partial charge in [0.2, 0.25) is 11.8 Å². The number of anilines is 2. The van der Waals surface area contributed by atoms with Gasteiger partial charge in [0.05, 0.1) is 4.92 Å². The summed E-state index contributed by atoms with van der Waals surface area (Å²) in [5.41, 5.74) is -0.0957. The molecule has 0 amide bonds. The van der Waals surface area contributed by atoms with Gasteiger partial charge < -0.3 is 10.2 Å². The van der Waals surface area contributed by atoms with E-state index in [0.717, 1.165) is 0 Å². The fraction of sp³-hybridized carbons (Fsp3) is 0.500. The van der Waals surface area contributed by atoms with Crippen molar-refractivity contribution in [2.45, 2.75) is 6.92 Å². The van der Waals surface area contributed by atoms with Crippen molar-refractivity contribution < 1.29 is 4.92 Å². The van der Waals surface area contributed by atoms with Crippen LogP contribution in [0, 0.1) is 10.1 Å². The van der Waals surface area contributed by atoms with Gasteiger partial charge in [0.25, 0.3) is 0 Å². The van der Waals surface area contributed by atoms with Gasteiger partial charge in [-0.25, -0.2) is 4.98 Å². The first kappa shape index (κ1) is 11.2. The molecule has 82 valence electrons. The van der Waals surface area contributed by atoms with Crippen LogP contribution in [-0.4, -0.2) is 35.5 Å². The summed E-state index contributed by atoms with van der Waals surface area (Å²) in [4.78, 5) is 19.7. The summed E-state index contributed by atoms with van der Waals surface area (Å²) >= 11 is 0. The van der Waals surface area contributed by atoms with Crippen molar-refractivity contribution in [2.24, 2.45) is 0 Å². The van der Waals surface area contributed by atoms with E-state index in [2.05, 4.69) is 15.3 Å².